The third-order valence-corrected chi connectivity index (χ3v) is 4.94. The summed E-state index contributed by atoms with van der Waals surface area (Å²) in [5.41, 5.74) is -0.511. The predicted octanol–water partition coefficient (Wildman–Crippen LogP) is 1.88. The minimum absolute atomic E-state index is 0.0596. The summed E-state index contributed by atoms with van der Waals surface area (Å²) in [5.74, 6) is -0.324. The molecule has 1 saturated carbocycles. The Kier molecular flexibility index (Phi) is 5.72. The summed E-state index contributed by atoms with van der Waals surface area (Å²) in [4.78, 5) is 35.4. The van der Waals surface area contributed by atoms with Gasteiger partial charge in [-0.25, -0.2) is 9.59 Å². The molecule has 1 saturated heterocycles. The first-order valence-electron chi connectivity index (χ1n) is 8.88. The molecule has 2 fully saturated rings. The van der Waals surface area contributed by atoms with Crippen LogP contribution >= 0.6 is 0 Å². The average molecular weight is 338 g/mol. The first-order chi connectivity index (χ1) is 11.2. The Morgan fingerprint density at radius 2 is 2.00 bits per heavy atom. The molecule has 136 valence electrons. The fourth-order valence-corrected chi connectivity index (χ4v) is 3.58. The van der Waals surface area contributed by atoms with Crippen molar-refractivity contribution in [2.45, 2.75) is 64.8 Å². The number of nitrogens with one attached hydrogen (secondary N) is 4. The van der Waals surface area contributed by atoms with Gasteiger partial charge in [0.05, 0.1) is 0 Å². The highest BCUT2D eigenvalue weighted by atomic mass is 16.2. The van der Waals surface area contributed by atoms with Crippen molar-refractivity contribution in [1.29, 1.82) is 0 Å². The first kappa shape index (κ1) is 18.5. The van der Waals surface area contributed by atoms with Crippen LogP contribution in [0.25, 0.3) is 0 Å². The molecule has 7 nitrogen and oxygen atoms in total. The lowest BCUT2D eigenvalue weighted by molar-refractivity contribution is -0.125. The minimum atomic E-state index is -0.836. The third-order valence-electron chi connectivity index (χ3n) is 4.94. The summed E-state index contributed by atoms with van der Waals surface area (Å²) in [6, 6.07) is -0.646. The minimum Gasteiger partial charge on any atom is -0.338 e. The van der Waals surface area contributed by atoms with Crippen molar-refractivity contribution in [3.63, 3.8) is 0 Å². The second-order valence-corrected chi connectivity index (χ2v) is 8.12. The van der Waals surface area contributed by atoms with Crippen molar-refractivity contribution >= 4 is 18.0 Å². The maximum atomic E-state index is 12.1. The standard InChI is InChI=1S/C17H30N4O3/c1-16(2,3)8-4-5-10-18-14(23)19-11-12-7-6-9-17(12)13(22)20-15(24)21-17/h12H,4-11H2,1-3H3,(H2,18,19,23)(H2,20,21,22,24). The van der Waals surface area contributed by atoms with Gasteiger partial charge in [-0.15, -0.1) is 0 Å². The molecule has 0 radical (unpaired) electrons. The lowest BCUT2D eigenvalue weighted by Gasteiger charge is -2.28. The number of imide groups is 1. The second-order valence-electron chi connectivity index (χ2n) is 8.12. The molecule has 0 aromatic heterocycles. The summed E-state index contributed by atoms with van der Waals surface area (Å²) in [6.07, 6.45) is 5.49. The Morgan fingerprint density at radius 1 is 1.25 bits per heavy atom. The molecule has 24 heavy (non-hydrogen) atoms. The number of urea groups is 2. The van der Waals surface area contributed by atoms with E-state index in [4.69, 9.17) is 0 Å². The zero-order valence-corrected chi connectivity index (χ0v) is 15.0. The Labute approximate surface area is 143 Å². The largest absolute Gasteiger partial charge is 0.338 e. The molecular weight excluding hydrogens is 308 g/mol. The molecule has 0 bridgehead atoms. The summed E-state index contributed by atoms with van der Waals surface area (Å²) >= 11 is 0. The van der Waals surface area contributed by atoms with E-state index in [1.54, 1.807) is 0 Å². The number of hydrogen-bond acceptors (Lipinski definition) is 3. The molecule has 1 spiro atoms. The van der Waals surface area contributed by atoms with Crippen molar-refractivity contribution in [3.8, 4) is 0 Å². The molecule has 1 aliphatic carbocycles. The molecule has 2 atom stereocenters. The van der Waals surface area contributed by atoms with Gasteiger partial charge in [0.15, 0.2) is 0 Å². The predicted molar refractivity (Wildman–Crippen MR) is 91.5 cm³/mol. The van der Waals surface area contributed by atoms with Crippen LogP contribution in [0, 0.1) is 11.3 Å². The van der Waals surface area contributed by atoms with Gasteiger partial charge in [-0.3, -0.25) is 10.1 Å². The monoisotopic (exact) mass is 338 g/mol. The van der Waals surface area contributed by atoms with Crippen molar-refractivity contribution in [1.82, 2.24) is 21.3 Å². The zero-order valence-electron chi connectivity index (χ0n) is 15.0. The SMILES string of the molecule is CC(C)(C)CCCCNC(=O)NCC1CCCC12NC(=O)NC2=O. The molecule has 4 N–H and O–H groups in total. The molecule has 2 rings (SSSR count). The van der Waals surface area contributed by atoms with Gasteiger partial charge in [0.2, 0.25) is 0 Å². The molecule has 1 heterocycles. The van der Waals surface area contributed by atoms with Crippen LogP contribution < -0.4 is 21.3 Å². The zero-order chi connectivity index (χ0) is 17.8. The Bertz CT molecular complexity index is 501. The average Bonchev–Trinajstić information content (AvgIpc) is 2.99. The van der Waals surface area contributed by atoms with E-state index in [1.165, 1.54) is 0 Å². The van der Waals surface area contributed by atoms with E-state index in [9.17, 15) is 14.4 Å². The van der Waals surface area contributed by atoms with Crippen LogP contribution in [0.2, 0.25) is 0 Å². The topological polar surface area (TPSA) is 99.3 Å². The highest BCUT2D eigenvalue weighted by molar-refractivity contribution is 6.07. The summed E-state index contributed by atoms with van der Waals surface area (Å²) in [5, 5.41) is 10.8. The third kappa shape index (κ3) is 4.61. The summed E-state index contributed by atoms with van der Waals surface area (Å²) in [6.45, 7) is 7.67. The lowest BCUT2D eigenvalue weighted by atomic mass is 9.87. The first-order valence-corrected chi connectivity index (χ1v) is 8.88. The Hall–Kier alpha value is -1.79. The Balaban J connectivity index is 1.68. The molecule has 7 heteroatoms. The maximum absolute atomic E-state index is 12.1. The van der Waals surface area contributed by atoms with E-state index in [2.05, 4.69) is 42.0 Å². The second kappa shape index (κ2) is 7.40. The number of carbonyl (C=O) groups excluding carboxylic acids is 3. The molecule has 0 aromatic carbocycles. The van der Waals surface area contributed by atoms with Crippen molar-refractivity contribution in [2.24, 2.45) is 11.3 Å². The van der Waals surface area contributed by atoms with E-state index < -0.39 is 11.6 Å². The molecular formula is C17H30N4O3. The quantitative estimate of drug-likeness (QED) is 0.439. The maximum Gasteiger partial charge on any atom is 0.322 e. The highest BCUT2D eigenvalue weighted by Crippen LogP contribution is 2.37. The van der Waals surface area contributed by atoms with Gasteiger partial charge < -0.3 is 16.0 Å². The highest BCUT2D eigenvalue weighted by Gasteiger charge is 2.54. The van der Waals surface area contributed by atoms with Gasteiger partial charge in [0, 0.05) is 19.0 Å². The van der Waals surface area contributed by atoms with Crippen LogP contribution in [0.3, 0.4) is 0 Å². The van der Waals surface area contributed by atoms with Crippen molar-refractivity contribution in [3.05, 3.63) is 0 Å². The van der Waals surface area contributed by atoms with Gasteiger partial charge in [0.1, 0.15) is 5.54 Å². The number of amides is 5. The molecule has 2 aliphatic rings. The summed E-state index contributed by atoms with van der Waals surface area (Å²) in [7, 11) is 0. The molecule has 2 unspecified atom stereocenters. The van der Waals surface area contributed by atoms with Crippen molar-refractivity contribution in [2.75, 3.05) is 13.1 Å². The van der Waals surface area contributed by atoms with E-state index in [0.29, 0.717) is 24.9 Å². The van der Waals surface area contributed by atoms with Crippen LogP contribution in [0.1, 0.15) is 59.3 Å². The van der Waals surface area contributed by atoms with Crippen LogP contribution in [-0.2, 0) is 4.79 Å². The fourth-order valence-electron chi connectivity index (χ4n) is 3.58. The normalized spacial score (nSPS) is 26.4. The number of rotatable bonds is 6. The number of unbranched alkanes of at least 4 members (excludes halogenated alkanes) is 1. The van der Waals surface area contributed by atoms with Gasteiger partial charge >= 0.3 is 12.1 Å². The molecule has 5 amide bonds. The van der Waals surface area contributed by atoms with Crippen LogP contribution in [0.15, 0.2) is 0 Å². The lowest BCUT2D eigenvalue weighted by Crippen LogP contribution is -2.53. The fraction of sp³-hybridized carbons (Fsp3) is 0.824. The number of carbonyl (C=O) groups is 3. The van der Waals surface area contributed by atoms with E-state index in [-0.39, 0.29) is 17.9 Å². The smallest absolute Gasteiger partial charge is 0.322 e. The number of hydrogen-bond donors (Lipinski definition) is 4. The Morgan fingerprint density at radius 3 is 2.62 bits per heavy atom. The molecule has 0 aromatic rings. The van der Waals surface area contributed by atoms with Crippen LogP contribution in [0.5, 0.6) is 0 Å². The van der Waals surface area contributed by atoms with E-state index in [1.807, 2.05) is 0 Å². The van der Waals surface area contributed by atoms with Gasteiger partial charge in [-0.1, -0.05) is 33.6 Å². The van der Waals surface area contributed by atoms with E-state index >= 15 is 0 Å². The van der Waals surface area contributed by atoms with Gasteiger partial charge in [0.25, 0.3) is 5.91 Å². The van der Waals surface area contributed by atoms with Crippen LogP contribution in [-0.4, -0.2) is 36.6 Å². The van der Waals surface area contributed by atoms with Crippen molar-refractivity contribution < 1.29 is 14.4 Å². The molecule has 1 aliphatic heterocycles. The van der Waals surface area contributed by atoms with Crippen LogP contribution in [0.4, 0.5) is 9.59 Å². The summed E-state index contributed by atoms with van der Waals surface area (Å²) < 4.78 is 0. The van der Waals surface area contributed by atoms with E-state index in [0.717, 1.165) is 32.1 Å². The van der Waals surface area contributed by atoms with Gasteiger partial charge in [-0.05, 0) is 31.1 Å². The van der Waals surface area contributed by atoms with Gasteiger partial charge in [-0.2, -0.15) is 0 Å².